The smallest absolute Gasteiger partial charge is 0.0968 e. The molecule has 0 unspecified atom stereocenters. The third-order valence-corrected chi connectivity index (χ3v) is 6.98. The Bertz CT molecular complexity index is 1750. The number of rotatable bonds is 4. The van der Waals surface area contributed by atoms with Gasteiger partial charge in [0.1, 0.15) is 0 Å². The minimum atomic E-state index is 0.887. The maximum Gasteiger partial charge on any atom is 0.0968 e. The van der Waals surface area contributed by atoms with Crippen molar-refractivity contribution in [1.29, 1.82) is 0 Å². The molecule has 0 bridgehead atoms. The van der Waals surface area contributed by atoms with E-state index in [4.69, 9.17) is 9.97 Å². The molecule has 40 heavy (non-hydrogen) atoms. The van der Waals surface area contributed by atoms with E-state index in [-0.39, 0.29) is 0 Å². The normalized spacial score (nSPS) is 10.8. The van der Waals surface area contributed by atoms with Crippen molar-refractivity contribution < 1.29 is 16.1 Å². The van der Waals surface area contributed by atoms with Crippen LogP contribution in [-0.4, -0.2) is 9.97 Å². The summed E-state index contributed by atoms with van der Waals surface area (Å²) in [6.45, 7) is 0. The van der Waals surface area contributed by atoms with Gasteiger partial charge in [-0.05, 0) is 34.0 Å². The first-order valence-electron chi connectivity index (χ1n) is 12.9. The summed E-state index contributed by atoms with van der Waals surface area (Å²) in [7, 11) is 0. The van der Waals surface area contributed by atoms with Gasteiger partial charge >= 0.3 is 35.5 Å². The molecular weight excluding hydrogens is 782 g/mol. The minimum absolute atomic E-state index is 0.887. The largest absolute Gasteiger partial charge is 0.294 e. The van der Waals surface area contributed by atoms with Crippen molar-refractivity contribution in [3.63, 3.8) is 0 Å². The fourth-order valence-electron chi connectivity index (χ4n) is 5.14. The van der Waals surface area contributed by atoms with Crippen molar-refractivity contribution in [2.45, 2.75) is 0 Å². The summed E-state index contributed by atoms with van der Waals surface area (Å²) in [5, 5.41) is 2.17. The Kier molecular flexibility index (Phi) is 8.13. The topological polar surface area (TPSA) is 25.8 Å². The summed E-state index contributed by atoms with van der Waals surface area (Å²) in [6.07, 6.45) is 0. The van der Waals surface area contributed by atoms with Gasteiger partial charge in [0.2, 0.25) is 0 Å². The number of nitrogens with zero attached hydrogens (tertiary/aromatic N) is 2. The molecule has 0 saturated carbocycles. The third-order valence-electron chi connectivity index (χ3n) is 6.98. The second-order valence-electron chi connectivity index (χ2n) is 9.34. The molecule has 2 heterocycles. The van der Waals surface area contributed by atoms with Crippen molar-refractivity contribution in [3.8, 4) is 44.8 Å². The number of pyridine rings is 2. The molecular formula is C36H23IN2Pt. The van der Waals surface area contributed by atoms with Gasteiger partial charge in [-0.2, -0.15) is 0 Å². The fraction of sp³-hybridized carbons (Fsp3) is 0. The molecule has 0 spiro atoms. The molecule has 0 saturated heterocycles. The molecule has 194 valence electrons. The third kappa shape index (κ3) is 5.24. The molecule has 0 amide bonds. The van der Waals surface area contributed by atoms with Crippen molar-refractivity contribution in [2.75, 3.05) is 0 Å². The van der Waals surface area contributed by atoms with Crippen LogP contribution in [0.4, 0.5) is 0 Å². The summed E-state index contributed by atoms with van der Waals surface area (Å²) >= 11 is 4.23. The maximum absolute atomic E-state index is 5.26. The van der Waals surface area contributed by atoms with Gasteiger partial charge in [-0.25, -0.2) is 4.98 Å². The van der Waals surface area contributed by atoms with Crippen LogP contribution in [0, 0.1) is 6.07 Å². The van der Waals surface area contributed by atoms with E-state index in [9.17, 15) is 0 Å². The zero-order valence-corrected chi connectivity index (χ0v) is 25.8. The maximum atomic E-state index is 5.26. The van der Waals surface area contributed by atoms with Crippen LogP contribution in [-0.2, 0) is 16.1 Å². The second-order valence-corrected chi connectivity index (χ2v) is 9.34. The predicted octanol–water partition coefficient (Wildman–Crippen LogP) is 10.1. The summed E-state index contributed by atoms with van der Waals surface area (Å²) in [4.78, 5) is 10.5. The predicted molar refractivity (Wildman–Crippen MR) is 172 cm³/mol. The monoisotopic (exact) mass is 805 g/mol. The van der Waals surface area contributed by atoms with Gasteiger partial charge < -0.3 is 0 Å². The van der Waals surface area contributed by atoms with E-state index >= 15 is 0 Å². The molecule has 5 aromatic carbocycles. The summed E-state index contributed by atoms with van der Waals surface area (Å²) < 4.78 is 0. The van der Waals surface area contributed by atoms with E-state index in [1.54, 1.807) is 0 Å². The van der Waals surface area contributed by atoms with Gasteiger partial charge in [-0.15, -0.1) is 35.9 Å². The Morgan fingerprint density at radius 1 is 0.475 bits per heavy atom. The molecule has 0 fully saturated rings. The van der Waals surface area contributed by atoms with E-state index < -0.39 is 0 Å². The molecule has 2 aromatic heterocycles. The first kappa shape index (κ1) is 26.6. The second kappa shape index (κ2) is 12.2. The van der Waals surface area contributed by atoms with Gasteiger partial charge in [-0.1, -0.05) is 109 Å². The quantitative estimate of drug-likeness (QED) is 0.101. The number of hydrogen-bond acceptors (Lipinski definition) is 2. The Labute approximate surface area is 255 Å². The first-order valence-corrected chi connectivity index (χ1v) is 19.3. The molecule has 0 atom stereocenters. The van der Waals surface area contributed by atoms with Crippen LogP contribution in [0.25, 0.3) is 66.6 Å². The first-order chi connectivity index (χ1) is 19.8. The standard InChI is InChI=1S/C36H23N2.HI.Pt/c1-5-13-25(14-6-1)31-23-33(27-17-9-3-10-18-27)37-35-29(31)21-22-30-32(26-15-7-2-8-16-26)24-34(38-36(30)35)28-19-11-4-12-20-28;;/h1-19,21-24H;1H;/q-1;;+2/p-1. The molecule has 0 aliphatic carbocycles. The molecule has 0 N–H and O–H groups in total. The Balaban J connectivity index is 0.00000142. The van der Waals surface area contributed by atoms with Crippen molar-refractivity contribution in [2.24, 2.45) is 0 Å². The van der Waals surface area contributed by atoms with E-state index in [0.29, 0.717) is 0 Å². The average Bonchev–Trinajstić information content (AvgIpc) is 3.06. The van der Waals surface area contributed by atoms with Crippen molar-refractivity contribution >= 4 is 41.2 Å². The van der Waals surface area contributed by atoms with Gasteiger partial charge in [-0.3, -0.25) is 4.98 Å². The number of benzene rings is 5. The van der Waals surface area contributed by atoms with Crippen molar-refractivity contribution in [1.82, 2.24) is 9.97 Å². The van der Waals surface area contributed by atoms with E-state index in [0.717, 1.165) is 66.6 Å². The Morgan fingerprint density at radius 3 is 1.43 bits per heavy atom. The molecule has 0 aliphatic rings. The molecule has 7 rings (SSSR count). The van der Waals surface area contributed by atoms with E-state index in [2.05, 4.69) is 151 Å². The Hall–Kier alpha value is -3.66. The molecule has 0 aliphatic heterocycles. The SMILES string of the molecule is [I][Pt+].[c-]1ccccc1-c1cc(-c2ccccc2)c2ccc3c(-c4ccccc4)cc(-c4ccccc4)nc3c2n1. The van der Waals surface area contributed by atoms with Crippen LogP contribution >= 0.6 is 19.4 Å². The number of hydrogen-bond donors (Lipinski definition) is 0. The fourth-order valence-corrected chi connectivity index (χ4v) is 5.14. The van der Waals surface area contributed by atoms with Gasteiger partial charge in [0.25, 0.3) is 0 Å². The van der Waals surface area contributed by atoms with Crippen molar-refractivity contribution in [3.05, 3.63) is 146 Å². The Morgan fingerprint density at radius 2 is 0.925 bits per heavy atom. The van der Waals surface area contributed by atoms with Crippen LogP contribution in [0.5, 0.6) is 0 Å². The van der Waals surface area contributed by atoms with Gasteiger partial charge in [0.15, 0.2) is 0 Å². The molecule has 7 aromatic rings. The van der Waals surface area contributed by atoms with Crippen LogP contribution < -0.4 is 0 Å². The number of halogens is 1. The van der Waals surface area contributed by atoms with Crippen LogP contribution in [0.15, 0.2) is 140 Å². The van der Waals surface area contributed by atoms with E-state index in [1.807, 2.05) is 30.3 Å². The summed E-state index contributed by atoms with van der Waals surface area (Å²) in [5.41, 5.74) is 10.3. The van der Waals surface area contributed by atoms with Crippen LogP contribution in [0.1, 0.15) is 0 Å². The minimum Gasteiger partial charge on any atom is -0.294 e. The number of aromatic nitrogens is 2. The van der Waals surface area contributed by atoms with E-state index in [1.165, 1.54) is 0 Å². The van der Waals surface area contributed by atoms with Gasteiger partial charge in [0, 0.05) is 16.3 Å². The number of fused-ring (bicyclic) bond motifs is 3. The molecule has 4 heteroatoms. The zero-order valence-electron chi connectivity index (χ0n) is 21.4. The summed E-state index contributed by atoms with van der Waals surface area (Å²) in [6, 6.07) is 51.6. The van der Waals surface area contributed by atoms with Gasteiger partial charge in [0.05, 0.1) is 16.7 Å². The zero-order chi connectivity index (χ0) is 27.3. The average molecular weight is 806 g/mol. The molecule has 2 nitrogen and oxygen atoms in total. The van der Waals surface area contributed by atoms with Crippen LogP contribution in [0.2, 0.25) is 0 Å². The summed E-state index contributed by atoms with van der Waals surface area (Å²) in [5.74, 6) is 0. The molecule has 0 radical (unpaired) electrons. The van der Waals surface area contributed by atoms with Crippen LogP contribution in [0.3, 0.4) is 0 Å².